The maximum atomic E-state index is 13.2. The topological polar surface area (TPSA) is 58.6 Å². The zero-order valence-corrected chi connectivity index (χ0v) is 16.2. The number of ether oxygens (including phenoxy) is 1. The first-order valence-corrected chi connectivity index (χ1v) is 10.1. The van der Waals surface area contributed by atoms with E-state index in [1.807, 2.05) is 29.2 Å². The number of carbonyl (C=O) groups excluding carboxylic acids is 2. The van der Waals surface area contributed by atoms with Crippen LogP contribution in [0, 0.1) is 5.92 Å². The second-order valence-electron chi connectivity index (χ2n) is 7.45. The minimum atomic E-state index is -0.0388. The van der Waals surface area contributed by atoms with E-state index in [1.54, 1.807) is 13.3 Å². The van der Waals surface area contributed by atoms with Gasteiger partial charge in [0.15, 0.2) is 0 Å². The molecular weight excluding hydrogens is 340 g/mol. The third kappa shape index (κ3) is 4.90. The molecule has 3 rings (SSSR count). The van der Waals surface area contributed by atoms with Crippen LogP contribution in [0.2, 0.25) is 0 Å². The van der Waals surface area contributed by atoms with Crippen molar-refractivity contribution in [3.8, 4) is 5.75 Å². The number of para-hydroxylation sites is 1. The number of hydrogen-bond donors (Lipinski definition) is 1. The van der Waals surface area contributed by atoms with Crippen LogP contribution in [0.1, 0.15) is 56.9 Å². The monoisotopic (exact) mass is 370 g/mol. The summed E-state index contributed by atoms with van der Waals surface area (Å²) in [5.74, 6) is 0.678. The van der Waals surface area contributed by atoms with E-state index >= 15 is 0 Å². The zero-order valence-electron chi connectivity index (χ0n) is 16.2. The standard InChI is InChI=1S/C22H30N2O3/c1-27-20-13-7-6-12-18(20)19(22(26)24-14-8-3-9-15-24)16-23-21(25)17-10-4-2-5-11-17/h6-7,12-13,16-17H,2-5,8-11,14-15H2,1H3,(H,23,25). The summed E-state index contributed by atoms with van der Waals surface area (Å²) in [6.07, 6.45) is 10.1. The molecule has 1 aliphatic heterocycles. The molecule has 0 bridgehead atoms. The quantitative estimate of drug-likeness (QED) is 0.803. The van der Waals surface area contributed by atoms with Crippen molar-refractivity contribution in [3.63, 3.8) is 0 Å². The zero-order chi connectivity index (χ0) is 19.1. The normalized spacial score (nSPS) is 18.9. The lowest BCUT2D eigenvalue weighted by molar-refractivity contribution is -0.125. The molecule has 1 heterocycles. The molecule has 2 aliphatic rings. The Bertz CT molecular complexity index is 687. The van der Waals surface area contributed by atoms with Gasteiger partial charge in [0.1, 0.15) is 5.75 Å². The van der Waals surface area contributed by atoms with Crippen molar-refractivity contribution in [2.24, 2.45) is 5.92 Å². The SMILES string of the molecule is COc1ccccc1C(=CNC(=O)C1CCCCC1)C(=O)N1CCCCC1. The van der Waals surface area contributed by atoms with Crippen molar-refractivity contribution in [2.75, 3.05) is 20.2 Å². The molecule has 1 saturated heterocycles. The first-order valence-electron chi connectivity index (χ1n) is 10.1. The largest absolute Gasteiger partial charge is 0.496 e. The van der Waals surface area contributed by atoms with Gasteiger partial charge in [0, 0.05) is 30.8 Å². The van der Waals surface area contributed by atoms with Crippen LogP contribution in [-0.2, 0) is 9.59 Å². The summed E-state index contributed by atoms with van der Waals surface area (Å²) in [6.45, 7) is 1.53. The average molecular weight is 370 g/mol. The number of likely N-dealkylation sites (tertiary alicyclic amines) is 1. The molecule has 1 N–H and O–H groups in total. The summed E-state index contributed by atoms with van der Waals surface area (Å²) >= 11 is 0. The molecule has 1 saturated carbocycles. The number of piperidine rings is 1. The number of methoxy groups -OCH3 is 1. The van der Waals surface area contributed by atoms with Gasteiger partial charge in [-0.25, -0.2) is 0 Å². The molecule has 2 amide bonds. The van der Waals surface area contributed by atoms with Gasteiger partial charge in [-0.15, -0.1) is 0 Å². The van der Waals surface area contributed by atoms with Gasteiger partial charge in [-0.05, 0) is 38.2 Å². The highest BCUT2D eigenvalue weighted by Crippen LogP contribution is 2.28. The lowest BCUT2D eigenvalue weighted by atomic mass is 9.89. The van der Waals surface area contributed by atoms with Gasteiger partial charge < -0.3 is 15.0 Å². The predicted octanol–water partition coefficient (Wildman–Crippen LogP) is 3.75. The molecule has 146 valence electrons. The predicted molar refractivity (Wildman–Crippen MR) is 106 cm³/mol. The Morgan fingerprint density at radius 3 is 2.41 bits per heavy atom. The third-order valence-corrected chi connectivity index (χ3v) is 5.61. The summed E-state index contributed by atoms with van der Waals surface area (Å²) < 4.78 is 5.46. The molecule has 5 nitrogen and oxygen atoms in total. The minimum Gasteiger partial charge on any atom is -0.496 e. The summed E-state index contributed by atoms with van der Waals surface area (Å²) in [7, 11) is 1.60. The highest BCUT2D eigenvalue weighted by molar-refractivity contribution is 6.20. The van der Waals surface area contributed by atoms with Gasteiger partial charge in [-0.2, -0.15) is 0 Å². The molecule has 0 atom stereocenters. The van der Waals surface area contributed by atoms with Crippen molar-refractivity contribution in [1.82, 2.24) is 10.2 Å². The van der Waals surface area contributed by atoms with Crippen LogP contribution in [0.15, 0.2) is 30.5 Å². The molecule has 2 fully saturated rings. The number of benzene rings is 1. The fourth-order valence-electron chi connectivity index (χ4n) is 4.02. The molecule has 0 aromatic heterocycles. The van der Waals surface area contributed by atoms with Crippen molar-refractivity contribution >= 4 is 17.4 Å². The van der Waals surface area contributed by atoms with Crippen LogP contribution in [0.4, 0.5) is 0 Å². The number of rotatable bonds is 5. The molecule has 27 heavy (non-hydrogen) atoms. The van der Waals surface area contributed by atoms with Gasteiger partial charge in [0.25, 0.3) is 5.91 Å². The summed E-state index contributed by atoms with van der Waals surface area (Å²) in [6, 6.07) is 7.49. The molecule has 0 spiro atoms. The minimum absolute atomic E-state index is 0.0218. The molecule has 0 unspecified atom stereocenters. The third-order valence-electron chi connectivity index (χ3n) is 5.61. The fourth-order valence-corrected chi connectivity index (χ4v) is 4.02. The van der Waals surface area contributed by atoms with E-state index < -0.39 is 0 Å². The Morgan fingerprint density at radius 1 is 1.04 bits per heavy atom. The van der Waals surface area contributed by atoms with E-state index in [1.165, 1.54) is 6.42 Å². The number of hydrogen-bond acceptors (Lipinski definition) is 3. The second kappa shape index (κ2) is 9.58. The second-order valence-corrected chi connectivity index (χ2v) is 7.45. The van der Waals surface area contributed by atoms with Crippen molar-refractivity contribution in [3.05, 3.63) is 36.0 Å². The first-order chi connectivity index (χ1) is 13.2. The van der Waals surface area contributed by atoms with Crippen molar-refractivity contribution in [2.45, 2.75) is 51.4 Å². The van der Waals surface area contributed by atoms with Crippen molar-refractivity contribution < 1.29 is 14.3 Å². The van der Waals surface area contributed by atoms with Crippen LogP contribution in [0.3, 0.4) is 0 Å². The summed E-state index contributed by atoms with van der Waals surface area (Å²) in [4.78, 5) is 27.7. The number of nitrogens with zero attached hydrogens (tertiary/aromatic N) is 1. The van der Waals surface area contributed by atoms with E-state index in [2.05, 4.69) is 5.32 Å². The Balaban J connectivity index is 1.84. The number of carbonyl (C=O) groups is 2. The van der Waals surface area contributed by atoms with Gasteiger partial charge in [-0.3, -0.25) is 9.59 Å². The Hall–Kier alpha value is -2.30. The van der Waals surface area contributed by atoms with Crippen LogP contribution in [0.5, 0.6) is 5.75 Å². The number of nitrogens with one attached hydrogen (secondary N) is 1. The maximum absolute atomic E-state index is 13.2. The van der Waals surface area contributed by atoms with Gasteiger partial charge in [0.05, 0.1) is 12.7 Å². The Morgan fingerprint density at radius 2 is 1.70 bits per heavy atom. The van der Waals surface area contributed by atoms with Gasteiger partial charge >= 0.3 is 0 Å². The molecule has 1 aromatic rings. The summed E-state index contributed by atoms with van der Waals surface area (Å²) in [5, 5.41) is 2.92. The highest BCUT2D eigenvalue weighted by atomic mass is 16.5. The first kappa shape index (κ1) is 19.5. The van der Waals surface area contributed by atoms with E-state index in [-0.39, 0.29) is 17.7 Å². The lowest BCUT2D eigenvalue weighted by Gasteiger charge is -2.28. The average Bonchev–Trinajstić information content (AvgIpc) is 2.75. The van der Waals surface area contributed by atoms with Crippen LogP contribution >= 0.6 is 0 Å². The highest BCUT2D eigenvalue weighted by Gasteiger charge is 2.25. The van der Waals surface area contributed by atoms with E-state index in [0.717, 1.165) is 63.6 Å². The summed E-state index contributed by atoms with van der Waals surface area (Å²) in [5.41, 5.74) is 1.22. The van der Waals surface area contributed by atoms with E-state index in [0.29, 0.717) is 11.3 Å². The lowest BCUT2D eigenvalue weighted by Crippen LogP contribution is -2.37. The van der Waals surface area contributed by atoms with Crippen molar-refractivity contribution in [1.29, 1.82) is 0 Å². The van der Waals surface area contributed by atoms with Crippen LogP contribution in [0.25, 0.3) is 5.57 Å². The fraction of sp³-hybridized carbons (Fsp3) is 0.545. The Labute approximate surface area is 161 Å². The molecule has 1 aliphatic carbocycles. The van der Waals surface area contributed by atoms with Gasteiger partial charge in [0.2, 0.25) is 5.91 Å². The smallest absolute Gasteiger partial charge is 0.256 e. The molecular formula is C22H30N2O3. The van der Waals surface area contributed by atoms with Gasteiger partial charge in [-0.1, -0.05) is 37.5 Å². The molecule has 1 aromatic carbocycles. The van der Waals surface area contributed by atoms with Crippen LogP contribution in [-0.4, -0.2) is 36.9 Å². The molecule has 5 heteroatoms. The number of amides is 2. The van der Waals surface area contributed by atoms with E-state index in [4.69, 9.17) is 4.74 Å². The van der Waals surface area contributed by atoms with Crippen LogP contribution < -0.4 is 10.1 Å². The Kier molecular flexibility index (Phi) is 6.91. The van der Waals surface area contributed by atoms with E-state index in [9.17, 15) is 9.59 Å². The molecule has 0 radical (unpaired) electrons. The maximum Gasteiger partial charge on any atom is 0.256 e.